The first-order chi connectivity index (χ1) is 8.67. The van der Waals surface area contributed by atoms with Crippen LogP contribution in [0, 0.1) is 0 Å². The molecule has 3 nitrogen and oxygen atoms in total. The minimum absolute atomic E-state index is 0.770. The third-order valence-electron chi connectivity index (χ3n) is 2.72. The van der Waals surface area contributed by atoms with E-state index >= 15 is 0 Å². The highest BCUT2D eigenvalue weighted by Gasteiger charge is 2.05. The number of nitrogens with zero attached hydrogens (tertiary/aromatic N) is 2. The third kappa shape index (κ3) is 4.96. The number of hydrogen-bond donors (Lipinski definition) is 1. The summed E-state index contributed by atoms with van der Waals surface area (Å²) in [5.74, 6) is 0.929. The zero-order valence-corrected chi connectivity index (χ0v) is 12.2. The van der Waals surface area contributed by atoms with Gasteiger partial charge in [0, 0.05) is 32.2 Å². The molecular weight excluding hydrogens is 246 g/mol. The van der Waals surface area contributed by atoms with Gasteiger partial charge in [0.15, 0.2) is 5.96 Å². The normalized spacial score (nSPS) is 11.4. The first kappa shape index (κ1) is 14.8. The van der Waals surface area contributed by atoms with E-state index in [-0.39, 0.29) is 0 Å². The molecule has 0 saturated heterocycles. The maximum atomic E-state index is 5.87. The summed E-state index contributed by atoms with van der Waals surface area (Å²) in [6.07, 6.45) is 2.35. The van der Waals surface area contributed by atoms with Gasteiger partial charge in [0.2, 0.25) is 0 Å². The van der Waals surface area contributed by atoms with E-state index in [0.717, 1.165) is 30.5 Å². The number of rotatable bonds is 5. The Morgan fingerprint density at radius 1 is 1.33 bits per heavy atom. The molecule has 0 radical (unpaired) electrons. The van der Waals surface area contributed by atoms with Crippen molar-refractivity contribution in [3.63, 3.8) is 0 Å². The van der Waals surface area contributed by atoms with Crippen LogP contribution in [0.2, 0.25) is 5.02 Å². The molecule has 0 aliphatic heterocycles. The van der Waals surface area contributed by atoms with Gasteiger partial charge < -0.3 is 10.2 Å². The van der Waals surface area contributed by atoms with Crippen molar-refractivity contribution in [2.75, 3.05) is 20.6 Å². The molecule has 0 bridgehead atoms. The smallest absolute Gasteiger partial charge is 0.193 e. The second-order valence-electron chi connectivity index (χ2n) is 4.31. The molecule has 0 heterocycles. The Bertz CT molecular complexity index is 373. The Hall–Kier alpha value is -1.22. The number of benzene rings is 1. The second-order valence-corrected chi connectivity index (χ2v) is 4.75. The molecule has 1 N–H and O–H groups in total. The average molecular weight is 268 g/mol. The molecule has 0 aliphatic carbocycles. The van der Waals surface area contributed by atoms with Gasteiger partial charge in [0.05, 0.1) is 0 Å². The number of guanidine groups is 1. The molecule has 0 atom stereocenters. The molecule has 1 rings (SSSR count). The topological polar surface area (TPSA) is 27.6 Å². The first-order valence-corrected chi connectivity index (χ1v) is 6.71. The summed E-state index contributed by atoms with van der Waals surface area (Å²) < 4.78 is 0. The van der Waals surface area contributed by atoms with E-state index in [9.17, 15) is 0 Å². The fourth-order valence-electron chi connectivity index (χ4n) is 1.70. The monoisotopic (exact) mass is 267 g/mol. The predicted molar refractivity (Wildman–Crippen MR) is 79.2 cm³/mol. The van der Waals surface area contributed by atoms with E-state index in [4.69, 9.17) is 11.6 Å². The molecule has 0 aliphatic rings. The molecule has 0 amide bonds. The molecule has 0 unspecified atom stereocenters. The van der Waals surface area contributed by atoms with Crippen molar-refractivity contribution in [2.24, 2.45) is 4.99 Å². The fourth-order valence-corrected chi connectivity index (χ4v) is 1.83. The van der Waals surface area contributed by atoms with Crippen LogP contribution in [0.1, 0.15) is 25.3 Å². The maximum absolute atomic E-state index is 5.87. The van der Waals surface area contributed by atoms with Gasteiger partial charge >= 0.3 is 0 Å². The lowest BCUT2D eigenvalue weighted by atomic mass is 10.2. The van der Waals surface area contributed by atoms with Gasteiger partial charge in [-0.1, -0.05) is 37.1 Å². The Balaban J connectivity index is 2.51. The second kappa shape index (κ2) is 7.98. The average Bonchev–Trinajstić information content (AvgIpc) is 2.37. The van der Waals surface area contributed by atoms with Crippen LogP contribution in [0.3, 0.4) is 0 Å². The minimum atomic E-state index is 0.770. The van der Waals surface area contributed by atoms with Gasteiger partial charge in [-0.2, -0.15) is 0 Å². The van der Waals surface area contributed by atoms with E-state index < -0.39 is 0 Å². The Labute approximate surface area is 115 Å². The van der Waals surface area contributed by atoms with Crippen LogP contribution in [0.4, 0.5) is 0 Å². The van der Waals surface area contributed by atoms with E-state index in [1.807, 2.05) is 38.4 Å². The summed E-state index contributed by atoms with van der Waals surface area (Å²) in [7, 11) is 3.85. The number of unbranched alkanes of at least 4 members (excludes halogenated alkanes) is 1. The SMILES string of the molecule is CCCCNC(=NC)N(C)Cc1ccc(Cl)cc1. The zero-order valence-electron chi connectivity index (χ0n) is 11.4. The Morgan fingerprint density at radius 2 is 2.00 bits per heavy atom. The summed E-state index contributed by atoms with van der Waals surface area (Å²) in [4.78, 5) is 6.39. The number of aliphatic imine (C=N–C) groups is 1. The van der Waals surface area contributed by atoms with Crippen molar-refractivity contribution < 1.29 is 0 Å². The van der Waals surface area contributed by atoms with Crippen LogP contribution >= 0.6 is 11.6 Å². The van der Waals surface area contributed by atoms with E-state index in [1.165, 1.54) is 12.0 Å². The zero-order chi connectivity index (χ0) is 13.4. The van der Waals surface area contributed by atoms with Crippen molar-refractivity contribution in [3.05, 3.63) is 34.9 Å². The first-order valence-electron chi connectivity index (χ1n) is 6.33. The lowest BCUT2D eigenvalue weighted by molar-refractivity contribution is 0.475. The Morgan fingerprint density at radius 3 is 2.56 bits per heavy atom. The van der Waals surface area contributed by atoms with E-state index in [2.05, 4.69) is 22.1 Å². The summed E-state index contributed by atoms with van der Waals surface area (Å²) in [6, 6.07) is 7.91. The molecule has 4 heteroatoms. The molecule has 0 saturated carbocycles. The van der Waals surface area contributed by atoms with Crippen LogP contribution in [0.25, 0.3) is 0 Å². The van der Waals surface area contributed by atoms with Crippen LogP contribution < -0.4 is 5.32 Å². The van der Waals surface area contributed by atoms with Gasteiger partial charge in [-0.25, -0.2) is 0 Å². The summed E-state index contributed by atoms with van der Waals surface area (Å²) in [6.45, 7) is 3.97. The molecule has 100 valence electrons. The Kier molecular flexibility index (Phi) is 6.58. The number of nitrogens with one attached hydrogen (secondary N) is 1. The van der Waals surface area contributed by atoms with E-state index in [0.29, 0.717) is 0 Å². The molecule has 1 aromatic rings. The fraction of sp³-hybridized carbons (Fsp3) is 0.500. The standard InChI is InChI=1S/C14H22ClN3/c1-4-5-10-17-14(16-2)18(3)11-12-6-8-13(15)9-7-12/h6-9H,4-5,10-11H2,1-3H3,(H,16,17). The van der Waals surface area contributed by atoms with Gasteiger partial charge in [-0.15, -0.1) is 0 Å². The summed E-state index contributed by atoms with van der Waals surface area (Å²) in [5, 5.41) is 4.12. The molecule has 1 aromatic carbocycles. The lowest BCUT2D eigenvalue weighted by Crippen LogP contribution is -2.38. The summed E-state index contributed by atoms with van der Waals surface area (Å²) in [5.41, 5.74) is 1.22. The van der Waals surface area contributed by atoms with Gasteiger partial charge in [-0.3, -0.25) is 4.99 Å². The third-order valence-corrected chi connectivity index (χ3v) is 2.97. The van der Waals surface area contributed by atoms with Crippen LogP contribution in [-0.4, -0.2) is 31.5 Å². The van der Waals surface area contributed by atoms with Gasteiger partial charge in [0.1, 0.15) is 0 Å². The molecule has 18 heavy (non-hydrogen) atoms. The number of hydrogen-bond acceptors (Lipinski definition) is 1. The van der Waals surface area contributed by atoms with Gasteiger partial charge in [-0.05, 0) is 24.1 Å². The highest BCUT2D eigenvalue weighted by atomic mass is 35.5. The van der Waals surface area contributed by atoms with Gasteiger partial charge in [0.25, 0.3) is 0 Å². The molecular formula is C14H22ClN3. The van der Waals surface area contributed by atoms with Crippen molar-refractivity contribution in [2.45, 2.75) is 26.3 Å². The highest BCUT2D eigenvalue weighted by molar-refractivity contribution is 6.30. The molecule has 0 aromatic heterocycles. The van der Waals surface area contributed by atoms with Crippen molar-refractivity contribution >= 4 is 17.6 Å². The minimum Gasteiger partial charge on any atom is -0.356 e. The van der Waals surface area contributed by atoms with Crippen molar-refractivity contribution in [1.29, 1.82) is 0 Å². The predicted octanol–water partition coefficient (Wildman–Crippen LogP) is 3.15. The largest absolute Gasteiger partial charge is 0.356 e. The van der Waals surface area contributed by atoms with Crippen LogP contribution in [-0.2, 0) is 6.54 Å². The molecule has 0 spiro atoms. The quantitative estimate of drug-likeness (QED) is 0.504. The van der Waals surface area contributed by atoms with Crippen molar-refractivity contribution in [3.8, 4) is 0 Å². The molecule has 0 fully saturated rings. The number of halogens is 1. The van der Waals surface area contributed by atoms with Crippen LogP contribution in [0.5, 0.6) is 0 Å². The lowest BCUT2D eigenvalue weighted by Gasteiger charge is -2.22. The maximum Gasteiger partial charge on any atom is 0.193 e. The highest BCUT2D eigenvalue weighted by Crippen LogP contribution is 2.10. The van der Waals surface area contributed by atoms with E-state index in [1.54, 1.807) is 0 Å². The van der Waals surface area contributed by atoms with Crippen molar-refractivity contribution in [1.82, 2.24) is 10.2 Å². The summed E-state index contributed by atoms with van der Waals surface area (Å²) >= 11 is 5.87. The van der Waals surface area contributed by atoms with Crippen LogP contribution in [0.15, 0.2) is 29.3 Å².